The SMILES string of the molecule is Cc1ccc(N(c2ccc(NN)c(C(C)C)c2)S(=O)(=O)OC(=O)C(=O)OS(N)(=O)=O)cc1. The summed E-state index contributed by atoms with van der Waals surface area (Å²) in [4.78, 5) is 23.4. The van der Waals surface area contributed by atoms with Gasteiger partial charge in [-0.3, -0.25) is 5.84 Å². The van der Waals surface area contributed by atoms with Crippen LogP contribution in [0.1, 0.15) is 30.9 Å². The Kier molecular flexibility index (Phi) is 7.46. The fourth-order valence-electron chi connectivity index (χ4n) is 2.68. The molecule has 0 fully saturated rings. The molecule has 0 aliphatic rings. The summed E-state index contributed by atoms with van der Waals surface area (Å²) in [7, 11) is -9.86. The van der Waals surface area contributed by atoms with Crippen LogP contribution in [0.25, 0.3) is 0 Å². The van der Waals surface area contributed by atoms with Crippen molar-refractivity contribution in [2.75, 3.05) is 9.73 Å². The van der Waals surface area contributed by atoms with Crippen LogP contribution in [0.15, 0.2) is 42.5 Å². The molecule has 0 radical (unpaired) electrons. The van der Waals surface area contributed by atoms with Gasteiger partial charge in [-0.2, -0.15) is 22.0 Å². The standard InChI is InChI=1S/C18H22N4O8S2/c1-11(2)15-10-14(8-9-16(15)21-19)22(13-6-4-12(3)5-7-13)32(27,28)30-18(24)17(23)29-31(20,25)26/h4-11,21H,19H2,1-3H3,(H2,20,25,26). The largest absolute Gasteiger partial charge is 0.435 e. The zero-order chi connectivity index (χ0) is 24.3. The zero-order valence-corrected chi connectivity index (χ0v) is 18.9. The minimum atomic E-state index is -5.01. The quantitative estimate of drug-likeness (QED) is 0.290. The van der Waals surface area contributed by atoms with E-state index in [1.54, 1.807) is 19.1 Å². The summed E-state index contributed by atoms with van der Waals surface area (Å²) >= 11 is 0. The zero-order valence-electron chi connectivity index (χ0n) is 17.3. The van der Waals surface area contributed by atoms with Gasteiger partial charge in [0.2, 0.25) is 0 Å². The third-order valence-electron chi connectivity index (χ3n) is 4.08. The van der Waals surface area contributed by atoms with E-state index in [2.05, 4.69) is 18.9 Å². The molecule has 0 bridgehead atoms. The lowest BCUT2D eigenvalue weighted by molar-refractivity contribution is -0.155. The Bertz CT molecular complexity index is 1230. The Morgan fingerprint density at radius 1 is 0.938 bits per heavy atom. The lowest BCUT2D eigenvalue weighted by atomic mass is 10.0. The monoisotopic (exact) mass is 486 g/mol. The normalized spacial score (nSPS) is 11.7. The number of aryl methyl sites for hydroxylation is 1. The topological polar surface area (TPSA) is 188 Å². The van der Waals surface area contributed by atoms with Gasteiger partial charge in [-0.05, 0) is 48.7 Å². The lowest BCUT2D eigenvalue weighted by Gasteiger charge is -2.25. The van der Waals surface area contributed by atoms with Gasteiger partial charge in [-0.25, -0.2) is 13.9 Å². The average Bonchev–Trinajstić information content (AvgIpc) is 2.67. The molecule has 12 nitrogen and oxygen atoms in total. The maximum atomic E-state index is 13.0. The number of carbonyl (C=O) groups is 2. The number of nitrogen functional groups attached to an aromatic ring is 1. The molecule has 5 N–H and O–H groups in total. The predicted molar refractivity (Wildman–Crippen MR) is 116 cm³/mol. The predicted octanol–water partition coefficient (Wildman–Crippen LogP) is 1.08. The van der Waals surface area contributed by atoms with Gasteiger partial charge in [0, 0.05) is 0 Å². The van der Waals surface area contributed by atoms with E-state index >= 15 is 0 Å². The fourth-order valence-corrected chi connectivity index (χ4v) is 4.04. The summed E-state index contributed by atoms with van der Waals surface area (Å²) in [6, 6.07) is 10.6. The van der Waals surface area contributed by atoms with E-state index in [0.29, 0.717) is 15.6 Å². The van der Waals surface area contributed by atoms with Crippen molar-refractivity contribution in [1.82, 2.24) is 0 Å². The fraction of sp³-hybridized carbons (Fsp3) is 0.222. The van der Waals surface area contributed by atoms with Crippen LogP contribution in [0.4, 0.5) is 17.1 Å². The molecule has 0 aromatic heterocycles. The molecule has 2 aromatic rings. The molecular weight excluding hydrogens is 464 g/mol. The first-order chi connectivity index (χ1) is 14.7. The maximum absolute atomic E-state index is 13.0. The number of anilines is 3. The first-order valence-corrected chi connectivity index (χ1v) is 11.8. The average molecular weight is 487 g/mol. The van der Waals surface area contributed by atoms with Gasteiger partial charge in [0.05, 0.1) is 17.1 Å². The van der Waals surface area contributed by atoms with Crippen molar-refractivity contribution in [3.63, 3.8) is 0 Å². The second-order valence-electron chi connectivity index (χ2n) is 6.86. The number of hydrogen-bond donors (Lipinski definition) is 3. The summed E-state index contributed by atoms with van der Waals surface area (Å²) < 4.78 is 56.3. The van der Waals surface area contributed by atoms with Crippen molar-refractivity contribution >= 4 is 49.6 Å². The van der Waals surface area contributed by atoms with Gasteiger partial charge >= 0.3 is 32.5 Å². The third kappa shape index (κ3) is 6.16. The van der Waals surface area contributed by atoms with Crippen LogP contribution in [0.3, 0.4) is 0 Å². The molecule has 32 heavy (non-hydrogen) atoms. The first-order valence-electron chi connectivity index (χ1n) is 8.97. The van der Waals surface area contributed by atoms with Gasteiger partial charge in [-0.1, -0.05) is 31.5 Å². The van der Waals surface area contributed by atoms with Gasteiger partial charge in [0.1, 0.15) is 0 Å². The lowest BCUT2D eigenvalue weighted by Crippen LogP contribution is -2.35. The van der Waals surface area contributed by atoms with Gasteiger partial charge in [0.25, 0.3) is 0 Å². The molecule has 0 spiro atoms. The minimum Gasteiger partial charge on any atom is -0.324 e. The Morgan fingerprint density at radius 2 is 1.47 bits per heavy atom. The summed E-state index contributed by atoms with van der Waals surface area (Å²) in [5.41, 5.74) is 4.66. The van der Waals surface area contributed by atoms with E-state index in [4.69, 9.17) is 5.84 Å². The third-order valence-corrected chi connectivity index (χ3v) is 5.69. The highest BCUT2D eigenvalue weighted by molar-refractivity contribution is 7.89. The van der Waals surface area contributed by atoms with Crippen molar-refractivity contribution in [1.29, 1.82) is 0 Å². The Morgan fingerprint density at radius 3 is 1.97 bits per heavy atom. The summed E-state index contributed by atoms with van der Waals surface area (Å²) in [6.45, 7) is 5.49. The molecule has 0 amide bonds. The summed E-state index contributed by atoms with van der Waals surface area (Å²) in [6.07, 6.45) is 0. The van der Waals surface area contributed by atoms with Crippen LogP contribution >= 0.6 is 0 Å². The van der Waals surface area contributed by atoms with Crippen LogP contribution in [0, 0.1) is 6.92 Å². The summed E-state index contributed by atoms with van der Waals surface area (Å²) in [5.74, 6) is 1.23. The maximum Gasteiger partial charge on any atom is 0.435 e. The highest BCUT2D eigenvalue weighted by Crippen LogP contribution is 2.35. The Labute approximate surface area is 185 Å². The van der Waals surface area contributed by atoms with Crippen LogP contribution in [0.5, 0.6) is 0 Å². The van der Waals surface area contributed by atoms with Crippen LogP contribution in [-0.2, 0) is 38.6 Å². The molecule has 0 unspecified atom stereocenters. The first kappa shape index (κ1) is 25.1. The highest BCUT2D eigenvalue weighted by Gasteiger charge is 2.34. The number of hydrogen-bond acceptors (Lipinski definition) is 10. The smallest absolute Gasteiger partial charge is 0.324 e. The number of hydrazine groups is 1. The molecule has 14 heteroatoms. The van der Waals surface area contributed by atoms with Crippen LogP contribution in [0.2, 0.25) is 0 Å². The molecule has 0 aliphatic carbocycles. The van der Waals surface area contributed by atoms with Crippen molar-refractivity contribution in [2.24, 2.45) is 11.0 Å². The van der Waals surface area contributed by atoms with Crippen LogP contribution in [-0.4, -0.2) is 28.8 Å². The van der Waals surface area contributed by atoms with E-state index in [1.165, 1.54) is 30.3 Å². The van der Waals surface area contributed by atoms with Crippen molar-refractivity contribution in [3.05, 3.63) is 53.6 Å². The number of benzene rings is 2. The molecule has 0 heterocycles. The van der Waals surface area contributed by atoms with E-state index < -0.39 is 32.5 Å². The van der Waals surface area contributed by atoms with Crippen LogP contribution < -0.4 is 20.7 Å². The molecule has 0 saturated carbocycles. The number of nitrogens with two attached hydrogens (primary N) is 2. The molecule has 2 aromatic carbocycles. The highest BCUT2D eigenvalue weighted by atomic mass is 32.2. The van der Waals surface area contributed by atoms with Crippen molar-refractivity contribution in [3.8, 4) is 0 Å². The Balaban J connectivity index is 2.57. The van der Waals surface area contributed by atoms with Gasteiger partial charge < -0.3 is 13.8 Å². The second-order valence-corrected chi connectivity index (χ2v) is 9.40. The number of rotatable bonds is 7. The van der Waals surface area contributed by atoms with Crippen molar-refractivity contribution in [2.45, 2.75) is 26.7 Å². The molecule has 0 aliphatic heterocycles. The summed E-state index contributed by atoms with van der Waals surface area (Å²) in [5, 5.41) is 4.51. The van der Waals surface area contributed by atoms with Gasteiger partial charge in [-0.15, -0.1) is 0 Å². The molecule has 174 valence electrons. The van der Waals surface area contributed by atoms with Crippen molar-refractivity contribution < 1.29 is 34.8 Å². The molecular formula is C18H22N4O8S2. The van der Waals surface area contributed by atoms with E-state index in [9.17, 15) is 26.4 Å². The number of nitrogens with zero attached hydrogens (tertiary/aromatic N) is 1. The molecule has 0 saturated heterocycles. The van der Waals surface area contributed by atoms with E-state index in [0.717, 1.165) is 5.56 Å². The minimum absolute atomic E-state index is 0.0594. The number of nitrogens with one attached hydrogen (secondary N) is 1. The number of carbonyl (C=O) groups excluding carboxylic acids is 2. The van der Waals surface area contributed by atoms with E-state index in [-0.39, 0.29) is 17.3 Å². The molecule has 2 rings (SSSR count). The van der Waals surface area contributed by atoms with Gasteiger partial charge in [0.15, 0.2) is 0 Å². The second kappa shape index (κ2) is 9.52. The van der Waals surface area contributed by atoms with E-state index in [1.807, 2.05) is 13.8 Å². The molecule has 0 atom stereocenters. The Hall–Kier alpha value is -3.20.